The predicted octanol–water partition coefficient (Wildman–Crippen LogP) is 2.01. The molecule has 0 amide bonds. The van der Waals surface area contributed by atoms with Crippen LogP contribution in [-0.4, -0.2) is 40.0 Å². The molecule has 22 heavy (non-hydrogen) atoms. The Morgan fingerprint density at radius 3 is 2.00 bits per heavy atom. The standard InChI is InChI=1S/C14H22N2O4S2/c1-2-21(17,18)15-13-7-9-14(10-8-13)22(19,20)16-11-5-3-4-6-12-16/h7-10,15H,2-6,11-12H2,1H3. The lowest BCUT2D eigenvalue weighted by Gasteiger charge is -2.20. The van der Waals surface area contributed by atoms with E-state index in [1.807, 2.05) is 0 Å². The van der Waals surface area contributed by atoms with Crippen LogP contribution in [0.4, 0.5) is 5.69 Å². The molecule has 0 saturated carbocycles. The SMILES string of the molecule is CCS(=O)(=O)Nc1ccc(S(=O)(=O)N2CCCCCC2)cc1. The maximum absolute atomic E-state index is 12.6. The van der Waals surface area contributed by atoms with Gasteiger partial charge in [0, 0.05) is 18.8 Å². The second-order valence-corrected chi connectivity index (χ2v) is 9.30. The Hall–Kier alpha value is -1.12. The molecule has 0 aliphatic carbocycles. The van der Waals surface area contributed by atoms with Crippen molar-refractivity contribution in [3.63, 3.8) is 0 Å². The van der Waals surface area contributed by atoms with Crippen LogP contribution in [0.5, 0.6) is 0 Å². The van der Waals surface area contributed by atoms with E-state index in [1.54, 1.807) is 6.92 Å². The summed E-state index contributed by atoms with van der Waals surface area (Å²) in [7, 11) is -6.85. The van der Waals surface area contributed by atoms with Crippen molar-refractivity contribution in [2.45, 2.75) is 37.5 Å². The van der Waals surface area contributed by atoms with Gasteiger partial charge < -0.3 is 0 Å². The molecule has 124 valence electrons. The molecule has 0 aromatic heterocycles. The zero-order chi connectivity index (χ0) is 16.2. The molecule has 8 heteroatoms. The molecule has 1 heterocycles. The van der Waals surface area contributed by atoms with Crippen LogP contribution in [0.1, 0.15) is 32.6 Å². The fourth-order valence-electron chi connectivity index (χ4n) is 2.38. The van der Waals surface area contributed by atoms with Gasteiger partial charge in [0.25, 0.3) is 0 Å². The summed E-state index contributed by atoms with van der Waals surface area (Å²) < 4.78 is 52.1. The highest BCUT2D eigenvalue weighted by Crippen LogP contribution is 2.22. The first kappa shape index (κ1) is 17.2. The van der Waals surface area contributed by atoms with Crippen LogP contribution in [0, 0.1) is 0 Å². The maximum atomic E-state index is 12.6. The van der Waals surface area contributed by atoms with Crippen molar-refractivity contribution in [2.75, 3.05) is 23.6 Å². The Morgan fingerprint density at radius 1 is 0.955 bits per heavy atom. The summed E-state index contributed by atoms with van der Waals surface area (Å²) in [6, 6.07) is 5.87. The summed E-state index contributed by atoms with van der Waals surface area (Å²) in [5.41, 5.74) is 0.372. The molecule has 1 aromatic carbocycles. The lowest BCUT2D eigenvalue weighted by molar-refractivity contribution is 0.424. The molecule has 2 rings (SSSR count). The van der Waals surface area contributed by atoms with Crippen LogP contribution < -0.4 is 4.72 Å². The lowest BCUT2D eigenvalue weighted by Crippen LogP contribution is -2.31. The first-order valence-electron chi connectivity index (χ1n) is 7.46. The second-order valence-electron chi connectivity index (χ2n) is 5.35. The van der Waals surface area contributed by atoms with Crippen molar-refractivity contribution >= 4 is 25.7 Å². The van der Waals surface area contributed by atoms with E-state index >= 15 is 0 Å². The Balaban J connectivity index is 2.18. The fourth-order valence-corrected chi connectivity index (χ4v) is 4.53. The van der Waals surface area contributed by atoms with Gasteiger partial charge in [0.05, 0.1) is 10.6 Å². The molecule has 0 bridgehead atoms. The van der Waals surface area contributed by atoms with Gasteiger partial charge >= 0.3 is 0 Å². The van der Waals surface area contributed by atoms with Gasteiger partial charge in [0.15, 0.2) is 0 Å². The van der Waals surface area contributed by atoms with Crippen LogP contribution in [0.2, 0.25) is 0 Å². The molecule has 1 aliphatic heterocycles. The highest BCUT2D eigenvalue weighted by Gasteiger charge is 2.25. The van der Waals surface area contributed by atoms with Gasteiger partial charge in [-0.3, -0.25) is 4.72 Å². The number of hydrogen-bond acceptors (Lipinski definition) is 4. The summed E-state index contributed by atoms with van der Waals surface area (Å²) in [4.78, 5) is 0.203. The average Bonchev–Trinajstić information content (AvgIpc) is 2.77. The van der Waals surface area contributed by atoms with Gasteiger partial charge in [-0.15, -0.1) is 0 Å². The van der Waals surface area contributed by atoms with Crippen molar-refractivity contribution in [3.8, 4) is 0 Å². The van der Waals surface area contributed by atoms with E-state index in [9.17, 15) is 16.8 Å². The van der Waals surface area contributed by atoms with Crippen molar-refractivity contribution in [1.82, 2.24) is 4.31 Å². The Bertz CT molecular complexity index is 689. The number of benzene rings is 1. The van der Waals surface area contributed by atoms with Gasteiger partial charge in [-0.25, -0.2) is 16.8 Å². The fraction of sp³-hybridized carbons (Fsp3) is 0.571. The van der Waals surface area contributed by atoms with Crippen molar-refractivity contribution in [1.29, 1.82) is 0 Å². The first-order chi connectivity index (χ1) is 10.3. The van der Waals surface area contributed by atoms with Crippen LogP contribution >= 0.6 is 0 Å². The third-order valence-electron chi connectivity index (χ3n) is 3.71. The lowest BCUT2D eigenvalue weighted by atomic mass is 10.2. The molecule has 0 unspecified atom stereocenters. The number of hydrogen-bond donors (Lipinski definition) is 1. The average molecular weight is 346 g/mol. The smallest absolute Gasteiger partial charge is 0.243 e. The molecule has 1 fully saturated rings. The van der Waals surface area contributed by atoms with E-state index in [0.717, 1.165) is 25.7 Å². The number of rotatable bonds is 5. The number of anilines is 1. The summed E-state index contributed by atoms with van der Waals surface area (Å²) >= 11 is 0. The normalized spacial score (nSPS) is 17.9. The first-order valence-corrected chi connectivity index (χ1v) is 10.5. The van der Waals surface area contributed by atoms with Gasteiger partial charge in [0.1, 0.15) is 0 Å². The zero-order valence-corrected chi connectivity index (χ0v) is 14.3. The predicted molar refractivity (Wildman–Crippen MR) is 86.8 cm³/mol. The highest BCUT2D eigenvalue weighted by molar-refractivity contribution is 7.92. The molecular formula is C14H22N2O4S2. The van der Waals surface area contributed by atoms with E-state index in [-0.39, 0.29) is 10.6 Å². The second kappa shape index (κ2) is 6.97. The van der Waals surface area contributed by atoms with Crippen molar-refractivity contribution in [2.24, 2.45) is 0 Å². The number of nitrogens with one attached hydrogen (secondary N) is 1. The molecule has 0 radical (unpaired) electrons. The van der Waals surface area contributed by atoms with Crippen molar-refractivity contribution < 1.29 is 16.8 Å². The van der Waals surface area contributed by atoms with E-state index in [0.29, 0.717) is 18.8 Å². The van der Waals surface area contributed by atoms with Gasteiger partial charge in [0.2, 0.25) is 20.0 Å². The Morgan fingerprint density at radius 2 is 1.50 bits per heavy atom. The van der Waals surface area contributed by atoms with E-state index in [2.05, 4.69) is 4.72 Å². The molecule has 0 spiro atoms. The molecule has 1 N–H and O–H groups in total. The molecule has 0 atom stereocenters. The molecule has 1 saturated heterocycles. The third kappa shape index (κ3) is 4.21. The van der Waals surface area contributed by atoms with Crippen molar-refractivity contribution in [3.05, 3.63) is 24.3 Å². The van der Waals surface area contributed by atoms with Crippen LogP contribution in [0.15, 0.2) is 29.2 Å². The summed E-state index contributed by atoms with van der Waals surface area (Å²) in [5.74, 6) is -0.0270. The topological polar surface area (TPSA) is 83.5 Å². The minimum atomic E-state index is -3.50. The summed E-state index contributed by atoms with van der Waals surface area (Å²) in [6.45, 7) is 2.64. The maximum Gasteiger partial charge on any atom is 0.243 e. The third-order valence-corrected chi connectivity index (χ3v) is 6.93. The monoisotopic (exact) mass is 346 g/mol. The molecule has 6 nitrogen and oxygen atoms in total. The summed E-state index contributed by atoms with van der Waals surface area (Å²) in [6.07, 6.45) is 3.88. The van der Waals surface area contributed by atoms with Gasteiger partial charge in [-0.1, -0.05) is 12.8 Å². The van der Waals surface area contributed by atoms with E-state index in [1.165, 1.54) is 28.6 Å². The van der Waals surface area contributed by atoms with Crippen LogP contribution in [-0.2, 0) is 20.0 Å². The van der Waals surface area contributed by atoms with Crippen LogP contribution in [0.25, 0.3) is 0 Å². The largest absolute Gasteiger partial charge is 0.284 e. The summed E-state index contributed by atoms with van der Waals surface area (Å²) in [5, 5.41) is 0. The molecular weight excluding hydrogens is 324 g/mol. The Kier molecular flexibility index (Phi) is 5.46. The number of sulfonamides is 2. The van der Waals surface area contributed by atoms with Crippen LogP contribution in [0.3, 0.4) is 0 Å². The van der Waals surface area contributed by atoms with E-state index < -0.39 is 20.0 Å². The number of nitrogens with zero attached hydrogens (tertiary/aromatic N) is 1. The molecule has 1 aliphatic rings. The van der Waals surface area contributed by atoms with Gasteiger partial charge in [-0.05, 0) is 44.0 Å². The van der Waals surface area contributed by atoms with Gasteiger partial charge in [-0.2, -0.15) is 4.31 Å². The minimum absolute atomic E-state index is 0.0270. The minimum Gasteiger partial charge on any atom is -0.284 e. The highest BCUT2D eigenvalue weighted by atomic mass is 32.2. The molecule has 1 aromatic rings. The Labute approximate surface area is 132 Å². The quantitative estimate of drug-likeness (QED) is 0.884. The van der Waals surface area contributed by atoms with E-state index in [4.69, 9.17) is 0 Å². The zero-order valence-electron chi connectivity index (χ0n) is 12.7.